The van der Waals surface area contributed by atoms with Crippen LogP contribution in [0, 0.1) is 13.8 Å². The molecule has 3 rings (SSSR count). The number of benzene rings is 1. The van der Waals surface area contributed by atoms with Crippen LogP contribution in [0.15, 0.2) is 47.2 Å². The molecule has 106 valence electrons. The standard InChI is InChI=1S/C17H16N2O2/c1-11-5-6-14-13(10-21-15(14)8-11)9-16(20)19-17-12(2)4-3-7-18-17/h3-8,10H,9H2,1-2H3,(H,18,19,20). The van der Waals surface area contributed by atoms with Gasteiger partial charge in [-0.3, -0.25) is 4.79 Å². The minimum Gasteiger partial charge on any atom is -0.464 e. The topological polar surface area (TPSA) is 55.1 Å². The number of hydrogen-bond acceptors (Lipinski definition) is 3. The summed E-state index contributed by atoms with van der Waals surface area (Å²) in [5, 5.41) is 3.81. The highest BCUT2D eigenvalue weighted by atomic mass is 16.3. The molecule has 1 N–H and O–H groups in total. The van der Waals surface area contributed by atoms with E-state index in [1.807, 2.05) is 44.2 Å². The highest BCUT2D eigenvalue weighted by Crippen LogP contribution is 2.23. The lowest BCUT2D eigenvalue weighted by Crippen LogP contribution is -2.15. The quantitative estimate of drug-likeness (QED) is 0.797. The Hall–Kier alpha value is -2.62. The van der Waals surface area contributed by atoms with Gasteiger partial charge in [0.2, 0.25) is 5.91 Å². The van der Waals surface area contributed by atoms with Gasteiger partial charge in [0, 0.05) is 17.1 Å². The first-order valence-electron chi connectivity index (χ1n) is 6.81. The molecule has 0 bridgehead atoms. The van der Waals surface area contributed by atoms with E-state index in [2.05, 4.69) is 10.3 Å². The molecule has 0 atom stereocenters. The summed E-state index contributed by atoms with van der Waals surface area (Å²) in [7, 11) is 0. The molecule has 0 fully saturated rings. The SMILES string of the molecule is Cc1ccc2c(CC(=O)Nc3ncccc3C)coc2c1. The molecule has 2 heterocycles. The Morgan fingerprint density at radius 3 is 2.95 bits per heavy atom. The third-order valence-corrected chi connectivity index (χ3v) is 3.43. The van der Waals surface area contributed by atoms with E-state index >= 15 is 0 Å². The number of aromatic nitrogens is 1. The average molecular weight is 280 g/mol. The Balaban J connectivity index is 1.79. The van der Waals surface area contributed by atoms with Crippen LogP contribution < -0.4 is 5.32 Å². The maximum absolute atomic E-state index is 12.1. The monoisotopic (exact) mass is 280 g/mol. The zero-order valence-electron chi connectivity index (χ0n) is 12.0. The molecule has 1 aromatic carbocycles. The molecule has 21 heavy (non-hydrogen) atoms. The summed E-state index contributed by atoms with van der Waals surface area (Å²) >= 11 is 0. The van der Waals surface area contributed by atoms with Crippen LogP contribution in [0.3, 0.4) is 0 Å². The zero-order chi connectivity index (χ0) is 14.8. The molecule has 0 radical (unpaired) electrons. The van der Waals surface area contributed by atoms with Crippen LogP contribution in [0.25, 0.3) is 11.0 Å². The number of nitrogens with one attached hydrogen (secondary N) is 1. The molecule has 0 saturated carbocycles. The van der Waals surface area contributed by atoms with Crippen LogP contribution in [-0.4, -0.2) is 10.9 Å². The molecule has 1 amide bonds. The lowest BCUT2D eigenvalue weighted by Gasteiger charge is -2.06. The van der Waals surface area contributed by atoms with E-state index in [9.17, 15) is 4.79 Å². The number of furan rings is 1. The van der Waals surface area contributed by atoms with E-state index in [1.54, 1.807) is 12.5 Å². The van der Waals surface area contributed by atoms with Gasteiger partial charge < -0.3 is 9.73 Å². The molecular formula is C17H16N2O2. The molecule has 2 aromatic heterocycles. The number of nitrogens with zero attached hydrogens (tertiary/aromatic N) is 1. The number of carbonyl (C=O) groups is 1. The fourth-order valence-corrected chi connectivity index (χ4v) is 2.29. The van der Waals surface area contributed by atoms with E-state index in [-0.39, 0.29) is 12.3 Å². The van der Waals surface area contributed by atoms with E-state index in [4.69, 9.17) is 4.42 Å². The van der Waals surface area contributed by atoms with Gasteiger partial charge in [0.1, 0.15) is 11.4 Å². The third-order valence-electron chi connectivity index (χ3n) is 3.43. The Morgan fingerprint density at radius 1 is 1.29 bits per heavy atom. The van der Waals surface area contributed by atoms with Gasteiger partial charge in [-0.2, -0.15) is 0 Å². The van der Waals surface area contributed by atoms with E-state index in [0.717, 1.165) is 27.7 Å². The Morgan fingerprint density at radius 2 is 2.14 bits per heavy atom. The summed E-state index contributed by atoms with van der Waals surface area (Å²) < 4.78 is 5.51. The highest BCUT2D eigenvalue weighted by molar-refractivity contribution is 5.95. The number of pyridine rings is 1. The number of aryl methyl sites for hydroxylation is 2. The van der Waals surface area contributed by atoms with Crippen LogP contribution in [0.4, 0.5) is 5.82 Å². The van der Waals surface area contributed by atoms with Crippen molar-refractivity contribution in [2.75, 3.05) is 5.32 Å². The van der Waals surface area contributed by atoms with Crippen molar-refractivity contribution < 1.29 is 9.21 Å². The predicted octanol–water partition coefficient (Wildman–Crippen LogP) is 3.63. The molecule has 0 unspecified atom stereocenters. The number of fused-ring (bicyclic) bond motifs is 1. The number of hydrogen-bond donors (Lipinski definition) is 1. The first kappa shape index (κ1) is 13.4. The second kappa shape index (κ2) is 5.40. The van der Waals surface area contributed by atoms with Crippen molar-refractivity contribution >= 4 is 22.7 Å². The van der Waals surface area contributed by atoms with Crippen LogP contribution in [0.5, 0.6) is 0 Å². The van der Waals surface area contributed by atoms with Gasteiger partial charge in [0.25, 0.3) is 0 Å². The van der Waals surface area contributed by atoms with Crippen LogP contribution in [0.1, 0.15) is 16.7 Å². The summed E-state index contributed by atoms with van der Waals surface area (Å²) in [6.45, 7) is 3.93. The third kappa shape index (κ3) is 2.79. The lowest BCUT2D eigenvalue weighted by molar-refractivity contribution is -0.115. The second-order valence-electron chi connectivity index (χ2n) is 5.15. The van der Waals surface area contributed by atoms with Crippen molar-refractivity contribution in [3.63, 3.8) is 0 Å². The van der Waals surface area contributed by atoms with Gasteiger partial charge in [-0.15, -0.1) is 0 Å². The molecule has 3 aromatic rings. The Kier molecular flexibility index (Phi) is 3.44. The fraction of sp³-hybridized carbons (Fsp3) is 0.176. The summed E-state index contributed by atoms with van der Waals surface area (Å²) in [4.78, 5) is 16.3. The maximum Gasteiger partial charge on any atom is 0.230 e. The number of anilines is 1. The van der Waals surface area contributed by atoms with Gasteiger partial charge in [-0.1, -0.05) is 18.2 Å². The van der Waals surface area contributed by atoms with Crippen molar-refractivity contribution in [1.82, 2.24) is 4.98 Å². The van der Waals surface area contributed by atoms with Crippen LogP contribution in [0.2, 0.25) is 0 Å². The van der Waals surface area contributed by atoms with Gasteiger partial charge in [0.05, 0.1) is 12.7 Å². The molecule has 0 spiro atoms. The van der Waals surface area contributed by atoms with Gasteiger partial charge >= 0.3 is 0 Å². The lowest BCUT2D eigenvalue weighted by atomic mass is 10.1. The molecule has 0 aliphatic carbocycles. The zero-order valence-corrected chi connectivity index (χ0v) is 12.0. The van der Waals surface area contributed by atoms with Crippen molar-refractivity contribution in [2.24, 2.45) is 0 Å². The van der Waals surface area contributed by atoms with Gasteiger partial charge in [-0.05, 0) is 37.1 Å². The second-order valence-corrected chi connectivity index (χ2v) is 5.15. The van der Waals surface area contributed by atoms with E-state index in [0.29, 0.717) is 5.82 Å². The number of rotatable bonds is 3. The van der Waals surface area contributed by atoms with Gasteiger partial charge in [0.15, 0.2) is 0 Å². The highest BCUT2D eigenvalue weighted by Gasteiger charge is 2.11. The van der Waals surface area contributed by atoms with Crippen molar-refractivity contribution in [1.29, 1.82) is 0 Å². The fourth-order valence-electron chi connectivity index (χ4n) is 2.29. The molecule has 0 saturated heterocycles. The molecule has 4 nitrogen and oxygen atoms in total. The summed E-state index contributed by atoms with van der Waals surface area (Å²) in [5.74, 6) is 0.506. The normalized spacial score (nSPS) is 10.8. The van der Waals surface area contributed by atoms with Crippen molar-refractivity contribution in [2.45, 2.75) is 20.3 Å². The summed E-state index contributed by atoms with van der Waals surface area (Å²) in [6, 6.07) is 9.74. The maximum atomic E-state index is 12.1. The number of carbonyl (C=O) groups excluding carboxylic acids is 1. The van der Waals surface area contributed by atoms with Crippen LogP contribution in [-0.2, 0) is 11.2 Å². The van der Waals surface area contributed by atoms with Crippen LogP contribution >= 0.6 is 0 Å². The Labute approximate surface area is 122 Å². The van der Waals surface area contributed by atoms with Crippen molar-refractivity contribution in [3.05, 3.63) is 59.5 Å². The average Bonchev–Trinajstić information content (AvgIpc) is 2.83. The largest absolute Gasteiger partial charge is 0.464 e. The molecular weight excluding hydrogens is 264 g/mol. The molecule has 4 heteroatoms. The predicted molar refractivity (Wildman–Crippen MR) is 82.3 cm³/mol. The molecule has 0 aliphatic rings. The Bertz CT molecular complexity index is 805. The summed E-state index contributed by atoms with van der Waals surface area (Å²) in [5.41, 5.74) is 3.78. The number of amides is 1. The minimum absolute atomic E-state index is 0.0972. The first-order valence-corrected chi connectivity index (χ1v) is 6.81. The van der Waals surface area contributed by atoms with Gasteiger partial charge in [-0.25, -0.2) is 4.98 Å². The molecule has 0 aliphatic heterocycles. The summed E-state index contributed by atoms with van der Waals surface area (Å²) in [6.07, 6.45) is 3.58. The smallest absolute Gasteiger partial charge is 0.230 e. The van der Waals surface area contributed by atoms with Crippen molar-refractivity contribution in [3.8, 4) is 0 Å². The van der Waals surface area contributed by atoms with E-state index < -0.39 is 0 Å². The van der Waals surface area contributed by atoms with E-state index in [1.165, 1.54) is 0 Å². The minimum atomic E-state index is -0.0972. The first-order chi connectivity index (χ1) is 10.1.